The van der Waals surface area contributed by atoms with E-state index in [2.05, 4.69) is 10.1 Å². The molecule has 0 saturated heterocycles. The van der Waals surface area contributed by atoms with Crippen molar-refractivity contribution in [2.75, 3.05) is 7.11 Å². The first-order valence-corrected chi connectivity index (χ1v) is 8.50. The number of halogens is 1. The molecular formula is C20H16ClN3O2. The highest BCUT2D eigenvalue weighted by Crippen LogP contribution is 2.34. The Morgan fingerprint density at radius 2 is 1.81 bits per heavy atom. The average molecular weight is 366 g/mol. The molecule has 0 amide bonds. The summed E-state index contributed by atoms with van der Waals surface area (Å²) in [4.78, 5) is 17.2. The first-order valence-electron chi connectivity index (χ1n) is 8.12. The third-order valence-corrected chi connectivity index (χ3v) is 4.41. The van der Waals surface area contributed by atoms with Crippen LogP contribution in [0.1, 0.15) is 5.69 Å². The van der Waals surface area contributed by atoms with E-state index in [0.717, 1.165) is 22.4 Å². The molecule has 0 saturated carbocycles. The number of aromatic amines is 1. The Bertz CT molecular complexity index is 1120. The van der Waals surface area contributed by atoms with Gasteiger partial charge in [-0.3, -0.25) is 9.89 Å². The first-order chi connectivity index (χ1) is 12.7. The Morgan fingerprint density at radius 1 is 1.08 bits per heavy atom. The molecule has 4 rings (SSSR count). The molecule has 0 atom stereocenters. The lowest BCUT2D eigenvalue weighted by Gasteiger charge is -2.05. The van der Waals surface area contributed by atoms with Crippen LogP contribution in [0.5, 0.6) is 0 Å². The molecule has 2 aromatic heterocycles. The maximum atomic E-state index is 12.6. The number of ether oxygens (including phenoxy) is 1. The summed E-state index contributed by atoms with van der Waals surface area (Å²) < 4.78 is 6.61. The zero-order valence-corrected chi connectivity index (χ0v) is 14.8. The molecule has 26 heavy (non-hydrogen) atoms. The highest BCUT2D eigenvalue weighted by molar-refractivity contribution is 6.30. The average Bonchev–Trinajstić information content (AvgIpc) is 3.03. The molecular weight excluding hydrogens is 350 g/mol. The molecule has 0 spiro atoms. The number of rotatable bonds is 4. The van der Waals surface area contributed by atoms with Crippen LogP contribution in [0.15, 0.2) is 65.5 Å². The zero-order chi connectivity index (χ0) is 18.1. The van der Waals surface area contributed by atoms with E-state index < -0.39 is 0 Å². The summed E-state index contributed by atoms with van der Waals surface area (Å²) in [5.74, 6) is 0. The quantitative estimate of drug-likeness (QED) is 0.590. The maximum absolute atomic E-state index is 12.6. The minimum absolute atomic E-state index is 0.181. The molecule has 0 unspecified atom stereocenters. The predicted octanol–water partition coefficient (Wildman–Crippen LogP) is 4.16. The van der Waals surface area contributed by atoms with E-state index in [1.165, 1.54) is 10.6 Å². The summed E-state index contributed by atoms with van der Waals surface area (Å²) in [6, 6.07) is 18.8. The second-order valence-corrected chi connectivity index (χ2v) is 6.35. The minimum atomic E-state index is -0.181. The fourth-order valence-electron chi connectivity index (χ4n) is 3.01. The Balaban J connectivity index is 2.07. The molecule has 0 radical (unpaired) electrons. The van der Waals surface area contributed by atoms with Gasteiger partial charge in [-0.25, -0.2) is 9.50 Å². The van der Waals surface area contributed by atoms with Crippen LogP contribution in [0.3, 0.4) is 0 Å². The van der Waals surface area contributed by atoms with Crippen molar-refractivity contribution in [1.29, 1.82) is 0 Å². The van der Waals surface area contributed by atoms with E-state index in [9.17, 15) is 4.79 Å². The molecule has 1 N–H and O–H groups in total. The van der Waals surface area contributed by atoms with Crippen LogP contribution in [0, 0.1) is 0 Å². The van der Waals surface area contributed by atoms with Gasteiger partial charge < -0.3 is 4.74 Å². The van der Waals surface area contributed by atoms with Crippen LogP contribution in [-0.4, -0.2) is 21.7 Å². The molecule has 2 heterocycles. The van der Waals surface area contributed by atoms with E-state index in [0.29, 0.717) is 16.4 Å². The number of benzene rings is 2. The van der Waals surface area contributed by atoms with Crippen molar-refractivity contribution in [3.8, 4) is 22.4 Å². The topological polar surface area (TPSA) is 59.4 Å². The predicted molar refractivity (Wildman–Crippen MR) is 102 cm³/mol. The normalized spacial score (nSPS) is 11.2. The number of nitrogens with zero attached hydrogens (tertiary/aromatic N) is 2. The summed E-state index contributed by atoms with van der Waals surface area (Å²) in [5, 5.41) is 3.85. The monoisotopic (exact) mass is 365 g/mol. The SMILES string of the molecule is COCc1cc(=O)n2[nH]c(-c3ccccc3)c(-c3ccc(Cl)cc3)c2n1. The van der Waals surface area contributed by atoms with Crippen molar-refractivity contribution in [2.45, 2.75) is 6.61 Å². The summed E-state index contributed by atoms with van der Waals surface area (Å²) in [6.45, 7) is 0.275. The largest absolute Gasteiger partial charge is 0.378 e. The fourth-order valence-corrected chi connectivity index (χ4v) is 3.14. The highest BCUT2D eigenvalue weighted by atomic mass is 35.5. The van der Waals surface area contributed by atoms with Crippen LogP contribution in [0.2, 0.25) is 5.02 Å². The highest BCUT2D eigenvalue weighted by Gasteiger charge is 2.18. The Morgan fingerprint density at radius 3 is 2.50 bits per heavy atom. The molecule has 4 aromatic rings. The standard InChI is InChI=1S/C20H16ClN3O2/c1-26-12-16-11-17(25)24-20(22-16)18(13-7-9-15(21)10-8-13)19(23-24)14-5-3-2-4-6-14/h2-11,23H,12H2,1H3. The second-order valence-electron chi connectivity index (χ2n) is 5.91. The molecule has 0 bridgehead atoms. The van der Waals surface area contributed by atoms with Crippen LogP contribution >= 0.6 is 11.6 Å². The Hall–Kier alpha value is -2.89. The number of hydrogen-bond donors (Lipinski definition) is 1. The number of hydrogen-bond acceptors (Lipinski definition) is 3. The lowest BCUT2D eigenvalue weighted by molar-refractivity contribution is 0.181. The fraction of sp³-hybridized carbons (Fsp3) is 0.100. The van der Waals surface area contributed by atoms with Gasteiger partial charge in [0.25, 0.3) is 5.56 Å². The van der Waals surface area contributed by atoms with E-state index in [-0.39, 0.29) is 12.2 Å². The number of aromatic nitrogens is 3. The number of H-pyrrole nitrogens is 1. The first kappa shape index (κ1) is 16.6. The lowest BCUT2D eigenvalue weighted by atomic mass is 10.0. The van der Waals surface area contributed by atoms with Crippen LogP contribution in [-0.2, 0) is 11.3 Å². The van der Waals surface area contributed by atoms with Crippen molar-refractivity contribution in [2.24, 2.45) is 0 Å². The van der Waals surface area contributed by atoms with E-state index in [1.807, 2.05) is 54.6 Å². The van der Waals surface area contributed by atoms with Crippen LogP contribution in [0.25, 0.3) is 28.0 Å². The molecule has 0 aliphatic heterocycles. The van der Waals surface area contributed by atoms with Crippen molar-refractivity contribution in [1.82, 2.24) is 14.6 Å². The molecule has 6 heteroatoms. The summed E-state index contributed by atoms with van der Waals surface area (Å²) in [7, 11) is 1.58. The molecule has 0 aliphatic carbocycles. The van der Waals surface area contributed by atoms with Crippen molar-refractivity contribution in [3.63, 3.8) is 0 Å². The van der Waals surface area contributed by atoms with Crippen molar-refractivity contribution < 1.29 is 4.74 Å². The smallest absolute Gasteiger partial charge is 0.273 e. The minimum Gasteiger partial charge on any atom is -0.378 e. The van der Waals surface area contributed by atoms with Gasteiger partial charge in [0.05, 0.1) is 23.6 Å². The van der Waals surface area contributed by atoms with Crippen LogP contribution in [0.4, 0.5) is 0 Å². The van der Waals surface area contributed by atoms with Crippen molar-refractivity contribution in [3.05, 3.63) is 81.7 Å². The molecule has 2 aromatic carbocycles. The Kier molecular flexibility index (Phi) is 4.32. The molecule has 130 valence electrons. The van der Waals surface area contributed by atoms with Crippen LogP contribution < -0.4 is 5.56 Å². The van der Waals surface area contributed by atoms with Gasteiger partial charge in [0.2, 0.25) is 0 Å². The molecule has 5 nitrogen and oxygen atoms in total. The van der Waals surface area contributed by atoms with E-state index in [4.69, 9.17) is 16.3 Å². The van der Waals surface area contributed by atoms with Gasteiger partial charge in [0.1, 0.15) is 0 Å². The van der Waals surface area contributed by atoms with Gasteiger partial charge in [-0.1, -0.05) is 54.1 Å². The van der Waals surface area contributed by atoms with Gasteiger partial charge in [0.15, 0.2) is 5.65 Å². The van der Waals surface area contributed by atoms with E-state index >= 15 is 0 Å². The number of fused-ring (bicyclic) bond motifs is 1. The van der Waals surface area contributed by atoms with Gasteiger partial charge in [-0.05, 0) is 17.7 Å². The zero-order valence-electron chi connectivity index (χ0n) is 14.1. The summed E-state index contributed by atoms with van der Waals surface area (Å²) in [5.41, 5.74) is 4.54. The van der Waals surface area contributed by atoms with Gasteiger partial charge in [-0.15, -0.1) is 0 Å². The van der Waals surface area contributed by atoms with Crippen molar-refractivity contribution >= 4 is 17.2 Å². The maximum Gasteiger partial charge on any atom is 0.273 e. The Labute approximate surface area is 154 Å². The second kappa shape index (κ2) is 6.78. The van der Waals surface area contributed by atoms with E-state index in [1.54, 1.807) is 7.11 Å². The number of methoxy groups -OCH3 is 1. The molecule has 0 aliphatic rings. The summed E-state index contributed by atoms with van der Waals surface area (Å²) >= 11 is 6.04. The third kappa shape index (κ3) is 2.92. The summed E-state index contributed by atoms with van der Waals surface area (Å²) in [6.07, 6.45) is 0. The third-order valence-electron chi connectivity index (χ3n) is 4.16. The number of nitrogens with one attached hydrogen (secondary N) is 1. The van der Waals surface area contributed by atoms with Gasteiger partial charge >= 0.3 is 0 Å². The van der Waals surface area contributed by atoms with Gasteiger partial charge in [-0.2, -0.15) is 0 Å². The van der Waals surface area contributed by atoms with Gasteiger partial charge in [0, 0.05) is 23.8 Å². The molecule has 0 fully saturated rings. The lowest BCUT2D eigenvalue weighted by Crippen LogP contribution is -2.15.